The predicted molar refractivity (Wildman–Crippen MR) is 72.8 cm³/mol. The Morgan fingerprint density at radius 1 is 1.39 bits per heavy atom. The summed E-state index contributed by atoms with van der Waals surface area (Å²) in [5.74, 6) is 0.854. The smallest absolute Gasteiger partial charge is 0.193 e. The van der Waals surface area contributed by atoms with Crippen LogP contribution in [0.25, 0.3) is 0 Å². The maximum atomic E-state index is 5.83. The van der Waals surface area contributed by atoms with Crippen molar-refractivity contribution in [3.8, 4) is 0 Å². The lowest BCUT2D eigenvalue weighted by Gasteiger charge is -2.16. The van der Waals surface area contributed by atoms with Gasteiger partial charge in [0.05, 0.1) is 6.04 Å². The van der Waals surface area contributed by atoms with Gasteiger partial charge in [-0.3, -0.25) is 4.98 Å². The highest BCUT2D eigenvalue weighted by molar-refractivity contribution is 6.28. The molecule has 0 aliphatic heterocycles. The second-order valence-electron chi connectivity index (χ2n) is 4.22. The Morgan fingerprint density at radius 2 is 2.22 bits per heavy atom. The highest BCUT2D eigenvalue weighted by Gasteiger charge is 2.16. The fourth-order valence-corrected chi connectivity index (χ4v) is 2.11. The second kappa shape index (κ2) is 6.03. The van der Waals surface area contributed by atoms with E-state index in [0.29, 0.717) is 5.22 Å². The normalized spacial score (nSPS) is 12.6. The van der Waals surface area contributed by atoms with Gasteiger partial charge in [-0.05, 0) is 48.8 Å². The van der Waals surface area contributed by atoms with Gasteiger partial charge in [0.2, 0.25) is 0 Å². The first kappa shape index (κ1) is 13.1. The Balaban J connectivity index is 2.19. The molecule has 0 aromatic carbocycles. The van der Waals surface area contributed by atoms with E-state index in [1.54, 1.807) is 6.07 Å². The second-order valence-corrected chi connectivity index (χ2v) is 4.60. The van der Waals surface area contributed by atoms with Crippen LogP contribution >= 0.6 is 11.6 Å². The molecule has 0 saturated carbocycles. The highest BCUT2D eigenvalue weighted by Crippen LogP contribution is 2.23. The lowest BCUT2D eigenvalue weighted by Crippen LogP contribution is -2.23. The van der Waals surface area contributed by atoms with Crippen molar-refractivity contribution in [2.45, 2.75) is 26.3 Å². The van der Waals surface area contributed by atoms with Crippen molar-refractivity contribution < 1.29 is 4.42 Å². The SMILES string of the molecule is CCNC(Cc1ncccc1C)c1ccc(Cl)o1. The molecule has 2 rings (SSSR count). The monoisotopic (exact) mass is 264 g/mol. The molecule has 0 aliphatic rings. The maximum Gasteiger partial charge on any atom is 0.193 e. The largest absolute Gasteiger partial charge is 0.448 e. The Bertz CT molecular complexity index is 510. The van der Waals surface area contributed by atoms with Gasteiger partial charge in [0.15, 0.2) is 5.22 Å². The number of rotatable bonds is 5. The van der Waals surface area contributed by atoms with Crippen LogP contribution in [-0.2, 0) is 6.42 Å². The van der Waals surface area contributed by atoms with E-state index >= 15 is 0 Å². The van der Waals surface area contributed by atoms with E-state index in [1.165, 1.54) is 5.56 Å². The van der Waals surface area contributed by atoms with Gasteiger partial charge in [0, 0.05) is 18.3 Å². The Hall–Kier alpha value is -1.32. The van der Waals surface area contributed by atoms with Gasteiger partial charge in [0.25, 0.3) is 0 Å². The van der Waals surface area contributed by atoms with Crippen molar-refractivity contribution in [2.24, 2.45) is 0 Å². The third kappa shape index (κ3) is 3.12. The quantitative estimate of drug-likeness (QED) is 0.898. The number of likely N-dealkylation sites (N-methyl/N-ethyl adjacent to an activating group) is 1. The molecule has 1 N–H and O–H groups in total. The number of hydrogen-bond acceptors (Lipinski definition) is 3. The maximum absolute atomic E-state index is 5.83. The minimum absolute atomic E-state index is 0.108. The van der Waals surface area contributed by atoms with Crippen molar-refractivity contribution in [3.63, 3.8) is 0 Å². The van der Waals surface area contributed by atoms with Gasteiger partial charge >= 0.3 is 0 Å². The number of furan rings is 1. The topological polar surface area (TPSA) is 38.1 Å². The third-order valence-corrected chi connectivity index (χ3v) is 3.11. The van der Waals surface area contributed by atoms with Crippen LogP contribution in [0.15, 0.2) is 34.9 Å². The molecule has 1 unspecified atom stereocenters. The molecular weight excluding hydrogens is 248 g/mol. The zero-order chi connectivity index (χ0) is 13.0. The van der Waals surface area contributed by atoms with E-state index in [9.17, 15) is 0 Å². The molecule has 3 nitrogen and oxygen atoms in total. The first-order valence-electron chi connectivity index (χ1n) is 6.09. The average molecular weight is 265 g/mol. The van der Waals surface area contributed by atoms with E-state index in [4.69, 9.17) is 16.0 Å². The molecule has 2 heterocycles. The van der Waals surface area contributed by atoms with E-state index in [2.05, 4.69) is 30.2 Å². The summed E-state index contributed by atoms with van der Waals surface area (Å²) in [6, 6.07) is 7.81. The van der Waals surface area contributed by atoms with E-state index < -0.39 is 0 Å². The summed E-state index contributed by atoms with van der Waals surface area (Å²) in [7, 11) is 0. The fourth-order valence-electron chi connectivity index (χ4n) is 1.96. The lowest BCUT2D eigenvalue weighted by atomic mass is 10.1. The number of aromatic nitrogens is 1. The summed E-state index contributed by atoms with van der Waals surface area (Å²) in [6.45, 7) is 5.01. The highest BCUT2D eigenvalue weighted by atomic mass is 35.5. The molecule has 18 heavy (non-hydrogen) atoms. The first-order valence-corrected chi connectivity index (χ1v) is 6.47. The molecule has 0 fully saturated rings. The standard InChI is InChI=1S/C14H17ClN2O/c1-3-16-12(13-6-7-14(15)18-13)9-11-10(2)5-4-8-17-11/h4-8,12,16H,3,9H2,1-2H3. The molecule has 0 aliphatic carbocycles. The molecule has 2 aromatic heterocycles. The molecule has 1 atom stereocenters. The first-order chi connectivity index (χ1) is 8.70. The van der Waals surface area contributed by atoms with Crippen molar-refractivity contribution in [3.05, 3.63) is 52.7 Å². The molecule has 96 valence electrons. The minimum Gasteiger partial charge on any atom is -0.448 e. The molecular formula is C14H17ClN2O. The van der Waals surface area contributed by atoms with E-state index in [0.717, 1.165) is 24.4 Å². The summed E-state index contributed by atoms with van der Waals surface area (Å²) in [5, 5.41) is 3.82. The van der Waals surface area contributed by atoms with Crippen molar-refractivity contribution in [1.82, 2.24) is 10.3 Å². The lowest BCUT2D eigenvalue weighted by molar-refractivity contribution is 0.415. The van der Waals surface area contributed by atoms with E-state index in [-0.39, 0.29) is 6.04 Å². The van der Waals surface area contributed by atoms with Crippen molar-refractivity contribution in [1.29, 1.82) is 0 Å². The van der Waals surface area contributed by atoms with E-state index in [1.807, 2.05) is 18.3 Å². The van der Waals surface area contributed by atoms with Crippen LogP contribution in [0.3, 0.4) is 0 Å². The van der Waals surface area contributed by atoms with Crippen LogP contribution in [-0.4, -0.2) is 11.5 Å². The molecule has 0 saturated heterocycles. The van der Waals surface area contributed by atoms with Crippen LogP contribution < -0.4 is 5.32 Å². The van der Waals surface area contributed by atoms with Gasteiger partial charge in [0.1, 0.15) is 5.76 Å². The Kier molecular flexibility index (Phi) is 4.39. The summed E-state index contributed by atoms with van der Waals surface area (Å²) in [6.07, 6.45) is 2.62. The predicted octanol–water partition coefficient (Wildman–Crippen LogP) is 3.53. The molecule has 2 aromatic rings. The molecule has 4 heteroatoms. The Labute approximate surface area is 112 Å². The van der Waals surface area contributed by atoms with Crippen molar-refractivity contribution in [2.75, 3.05) is 6.54 Å². The van der Waals surface area contributed by atoms with Crippen LogP contribution in [0.2, 0.25) is 5.22 Å². The van der Waals surface area contributed by atoms with Gasteiger partial charge in [-0.2, -0.15) is 0 Å². The van der Waals surface area contributed by atoms with Gasteiger partial charge in [-0.15, -0.1) is 0 Å². The molecule has 0 radical (unpaired) electrons. The fraction of sp³-hybridized carbons (Fsp3) is 0.357. The van der Waals surface area contributed by atoms with Gasteiger partial charge in [-0.25, -0.2) is 0 Å². The number of hydrogen-bond donors (Lipinski definition) is 1. The van der Waals surface area contributed by atoms with Crippen LogP contribution in [0.5, 0.6) is 0 Å². The average Bonchev–Trinajstić information content (AvgIpc) is 2.78. The third-order valence-electron chi connectivity index (χ3n) is 2.90. The molecule has 0 amide bonds. The summed E-state index contributed by atoms with van der Waals surface area (Å²) in [5.41, 5.74) is 2.27. The van der Waals surface area contributed by atoms with Gasteiger partial charge < -0.3 is 9.73 Å². The number of aryl methyl sites for hydroxylation is 1. The number of halogens is 1. The summed E-state index contributed by atoms with van der Waals surface area (Å²) < 4.78 is 5.49. The summed E-state index contributed by atoms with van der Waals surface area (Å²) in [4.78, 5) is 4.42. The Morgan fingerprint density at radius 3 is 2.83 bits per heavy atom. The van der Waals surface area contributed by atoms with Crippen molar-refractivity contribution >= 4 is 11.6 Å². The molecule has 0 bridgehead atoms. The molecule has 0 spiro atoms. The summed E-state index contributed by atoms with van der Waals surface area (Å²) >= 11 is 5.83. The number of nitrogens with zero attached hydrogens (tertiary/aromatic N) is 1. The van der Waals surface area contributed by atoms with Crippen LogP contribution in [0, 0.1) is 6.92 Å². The number of pyridine rings is 1. The minimum atomic E-state index is 0.108. The number of nitrogens with one attached hydrogen (secondary N) is 1. The van der Waals surface area contributed by atoms with Crippen LogP contribution in [0.4, 0.5) is 0 Å². The van der Waals surface area contributed by atoms with Crippen LogP contribution in [0.1, 0.15) is 30.0 Å². The van der Waals surface area contributed by atoms with Gasteiger partial charge in [-0.1, -0.05) is 13.0 Å². The zero-order valence-corrected chi connectivity index (χ0v) is 11.4. The zero-order valence-electron chi connectivity index (χ0n) is 10.6.